The first-order valence-corrected chi connectivity index (χ1v) is 5.01. The van der Waals surface area contributed by atoms with Gasteiger partial charge in [-0.3, -0.25) is 24.7 Å². The Hall–Kier alpha value is -3.04. The van der Waals surface area contributed by atoms with Crippen molar-refractivity contribution in [3.63, 3.8) is 0 Å². The molecule has 2 rings (SSSR count). The fraction of sp³-hybridized carbons (Fsp3) is 0.111. The maximum absolute atomic E-state index is 11.5. The highest BCUT2D eigenvalue weighted by molar-refractivity contribution is 5.92. The van der Waals surface area contributed by atoms with E-state index < -0.39 is 28.7 Å². The van der Waals surface area contributed by atoms with E-state index in [1.165, 1.54) is 6.07 Å². The van der Waals surface area contributed by atoms with Gasteiger partial charge in [-0.2, -0.15) is 5.10 Å². The van der Waals surface area contributed by atoms with E-state index in [0.29, 0.717) is 5.69 Å². The number of amides is 1. The van der Waals surface area contributed by atoms with Gasteiger partial charge in [0.1, 0.15) is 0 Å². The summed E-state index contributed by atoms with van der Waals surface area (Å²) in [5, 5.41) is 22.0. The molecule has 2 heterocycles. The molecule has 10 nitrogen and oxygen atoms in total. The highest BCUT2D eigenvalue weighted by atomic mass is 16.3. The van der Waals surface area contributed by atoms with E-state index in [9.17, 15) is 19.5 Å². The Balaban J connectivity index is 2.31. The summed E-state index contributed by atoms with van der Waals surface area (Å²) < 4.78 is 0. The van der Waals surface area contributed by atoms with Gasteiger partial charge in [-0.1, -0.05) is 0 Å². The number of aromatic hydroxyl groups is 1. The zero-order valence-electron chi connectivity index (χ0n) is 9.59. The van der Waals surface area contributed by atoms with Crippen LogP contribution < -0.4 is 11.2 Å². The van der Waals surface area contributed by atoms with Crippen molar-refractivity contribution in [1.29, 1.82) is 0 Å². The fourth-order valence-electron chi connectivity index (χ4n) is 1.23. The van der Waals surface area contributed by atoms with Crippen molar-refractivity contribution >= 4 is 11.6 Å². The highest BCUT2D eigenvalue weighted by Crippen LogP contribution is 2.16. The number of hydrogen-bond acceptors (Lipinski definition) is 6. The average Bonchev–Trinajstić information content (AvgIpc) is 2.74. The molecule has 4 N–H and O–H groups in total. The molecule has 0 atom stereocenters. The minimum atomic E-state index is -0.962. The van der Waals surface area contributed by atoms with Gasteiger partial charge in [-0.25, -0.2) is 4.79 Å². The van der Waals surface area contributed by atoms with Crippen LogP contribution in [0.25, 0.3) is 0 Å². The standard InChI is InChI=1S/C9H8N6O4/c1-3-2-4(13-12-3)6(16)15-14-5-7(17)10-9(19)11-8(5)18/h2H,1H3,(H,12,13)(H3,10,11,17,18,19). The van der Waals surface area contributed by atoms with Crippen molar-refractivity contribution in [1.82, 2.24) is 20.2 Å². The number of H-pyrrole nitrogens is 3. The molecule has 19 heavy (non-hydrogen) atoms. The predicted molar refractivity (Wildman–Crippen MR) is 61.5 cm³/mol. The number of aryl methyl sites for hydroxylation is 1. The Morgan fingerprint density at radius 3 is 2.68 bits per heavy atom. The lowest BCUT2D eigenvalue weighted by atomic mass is 10.4. The molecule has 0 fully saturated rings. The lowest BCUT2D eigenvalue weighted by molar-refractivity contribution is 0.0990. The number of rotatable bonds is 2. The Kier molecular flexibility index (Phi) is 3.06. The number of nitrogens with one attached hydrogen (secondary N) is 3. The topological polar surface area (TPSA) is 156 Å². The Labute approximate surface area is 104 Å². The molecular formula is C9H8N6O4. The van der Waals surface area contributed by atoms with Crippen molar-refractivity contribution in [3.8, 4) is 5.88 Å². The maximum Gasteiger partial charge on any atom is 0.328 e. The van der Waals surface area contributed by atoms with E-state index in [0.717, 1.165) is 0 Å². The SMILES string of the molecule is Cc1cc(C(=O)N=Nc2c(O)[nH]c(=O)[nH]c2=O)n[nH]1. The zero-order valence-corrected chi connectivity index (χ0v) is 9.59. The van der Waals surface area contributed by atoms with Gasteiger partial charge in [0.25, 0.3) is 5.56 Å². The van der Waals surface area contributed by atoms with Crippen LogP contribution in [0.1, 0.15) is 16.2 Å². The minimum absolute atomic E-state index is 0.0154. The Morgan fingerprint density at radius 1 is 1.37 bits per heavy atom. The van der Waals surface area contributed by atoms with Crippen molar-refractivity contribution in [2.75, 3.05) is 0 Å². The molecular weight excluding hydrogens is 256 g/mol. The molecule has 0 saturated carbocycles. The summed E-state index contributed by atoms with van der Waals surface area (Å²) in [6.45, 7) is 1.69. The van der Waals surface area contributed by atoms with Gasteiger partial charge in [0.2, 0.25) is 11.6 Å². The Morgan fingerprint density at radius 2 is 2.11 bits per heavy atom. The first-order valence-electron chi connectivity index (χ1n) is 5.01. The number of carbonyl (C=O) groups excluding carboxylic acids is 1. The third kappa shape index (κ3) is 2.62. The smallest absolute Gasteiger partial charge is 0.328 e. The summed E-state index contributed by atoms with van der Waals surface area (Å²) in [5.41, 5.74) is -1.75. The molecule has 0 aliphatic heterocycles. The van der Waals surface area contributed by atoms with Crippen molar-refractivity contribution in [3.05, 3.63) is 38.3 Å². The van der Waals surface area contributed by atoms with E-state index in [4.69, 9.17) is 0 Å². The number of aromatic amines is 3. The number of hydrogen-bond donors (Lipinski definition) is 4. The van der Waals surface area contributed by atoms with Crippen LogP contribution in [0.4, 0.5) is 5.69 Å². The monoisotopic (exact) mass is 264 g/mol. The fourth-order valence-corrected chi connectivity index (χ4v) is 1.23. The van der Waals surface area contributed by atoms with Crippen LogP contribution in [-0.4, -0.2) is 31.2 Å². The first-order chi connectivity index (χ1) is 8.97. The number of aromatic nitrogens is 4. The van der Waals surface area contributed by atoms with E-state index >= 15 is 0 Å². The average molecular weight is 264 g/mol. The van der Waals surface area contributed by atoms with E-state index in [1.807, 2.05) is 9.97 Å². The van der Waals surface area contributed by atoms with Crippen molar-refractivity contribution in [2.45, 2.75) is 6.92 Å². The molecule has 0 radical (unpaired) electrons. The lowest BCUT2D eigenvalue weighted by Crippen LogP contribution is -2.21. The highest BCUT2D eigenvalue weighted by Gasteiger charge is 2.11. The summed E-state index contributed by atoms with van der Waals surface area (Å²) in [4.78, 5) is 37.3. The van der Waals surface area contributed by atoms with E-state index in [2.05, 4.69) is 20.4 Å². The molecule has 98 valence electrons. The van der Waals surface area contributed by atoms with Crippen LogP contribution in [0.5, 0.6) is 5.88 Å². The number of carbonyl (C=O) groups is 1. The van der Waals surface area contributed by atoms with Crippen LogP contribution in [-0.2, 0) is 0 Å². The number of azo groups is 1. The molecule has 0 aromatic carbocycles. The quantitative estimate of drug-likeness (QED) is 0.549. The zero-order chi connectivity index (χ0) is 14.0. The number of nitrogens with zero attached hydrogens (tertiary/aromatic N) is 3. The van der Waals surface area contributed by atoms with Gasteiger partial charge < -0.3 is 5.11 Å². The normalized spacial score (nSPS) is 11.0. The summed E-state index contributed by atoms with van der Waals surface area (Å²) >= 11 is 0. The van der Waals surface area contributed by atoms with Crippen LogP contribution in [0.2, 0.25) is 0 Å². The summed E-state index contributed by atoms with van der Waals surface area (Å²) in [5.74, 6) is -1.57. The molecule has 0 aliphatic carbocycles. The molecule has 0 aliphatic rings. The molecule has 1 amide bonds. The predicted octanol–water partition coefficient (Wildman–Crippen LogP) is -0.276. The molecule has 2 aromatic rings. The molecule has 0 unspecified atom stereocenters. The molecule has 0 spiro atoms. The summed E-state index contributed by atoms with van der Waals surface area (Å²) in [7, 11) is 0. The summed E-state index contributed by atoms with van der Waals surface area (Å²) in [6, 6.07) is 1.44. The molecule has 2 aromatic heterocycles. The molecule has 0 saturated heterocycles. The second-order valence-electron chi connectivity index (χ2n) is 3.55. The third-order valence-corrected chi connectivity index (χ3v) is 2.06. The maximum atomic E-state index is 11.5. The van der Waals surface area contributed by atoms with E-state index in [1.54, 1.807) is 6.92 Å². The van der Waals surface area contributed by atoms with Crippen LogP contribution in [0.3, 0.4) is 0 Å². The van der Waals surface area contributed by atoms with E-state index in [-0.39, 0.29) is 5.69 Å². The first kappa shape index (κ1) is 12.4. The second kappa shape index (κ2) is 4.68. The van der Waals surface area contributed by atoms with Gasteiger partial charge in [0.15, 0.2) is 5.69 Å². The van der Waals surface area contributed by atoms with Crippen molar-refractivity contribution < 1.29 is 9.90 Å². The van der Waals surface area contributed by atoms with Crippen LogP contribution in [0.15, 0.2) is 25.9 Å². The van der Waals surface area contributed by atoms with Gasteiger partial charge in [-0.05, 0) is 13.0 Å². The molecule has 10 heteroatoms. The van der Waals surface area contributed by atoms with Gasteiger partial charge in [0, 0.05) is 5.69 Å². The van der Waals surface area contributed by atoms with Crippen LogP contribution >= 0.6 is 0 Å². The van der Waals surface area contributed by atoms with Crippen molar-refractivity contribution in [2.24, 2.45) is 10.2 Å². The van der Waals surface area contributed by atoms with Gasteiger partial charge in [-0.15, -0.1) is 10.2 Å². The minimum Gasteiger partial charge on any atom is -0.493 e. The largest absolute Gasteiger partial charge is 0.493 e. The van der Waals surface area contributed by atoms with Gasteiger partial charge >= 0.3 is 11.6 Å². The summed E-state index contributed by atoms with van der Waals surface area (Å²) in [6.07, 6.45) is 0. The third-order valence-electron chi connectivity index (χ3n) is 2.06. The van der Waals surface area contributed by atoms with Crippen LogP contribution in [0, 0.1) is 6.92 Å². The second-order valence-corrected chi connectivity index (χ2v) is 3.55. The van der Waals surface area contributed by atoms with Gasteiger partial charge in [0.05, 0.1) is 0 Å². The lowest BCUT2D eigenvalue weighted by Gasteiger charge is -1.93. The Bertz CT molecular complexity index is 768. The molecule has 0 bridgehead atoms.